The van der Waals surface area contributed by atoms with Gasteiger partial charge in [0.2, 0.25) is 5.88 Å². The van der Waals surface area contributed by atoms with E-state index < -0.39 is 11.2 Å². The number of aromatic hydroxyl groups is 1. The van der Waals surface area contributed by atoms with Gasteiger partial charge in [-0.05, 0) is 26.2 Å². The van der Waals surface area contributed by atoms with Crippen LogP contribution < -0.4 is 11.2 Å². The zero-order chi connectivity index (χ0) is 14.9. The van der Waals surface area contributed by atoms with Crippen molar-refractivity contribution in [1.29, 1.82) is 0 Å². The van der Waals surface area contributed by atoms with Crippen LogP contribution in [0, 0.1) is 0 Å². The molecule has 0 amide bonds. The lowest BCUT2D eigenvalue weighted by atomic mass is 10.2. The molecule has 1 aliphatic rings. The molecular formula is C13H20N4O3. The van der Waals surface area contributed by atoms with Crippen molar-refractivity contribution >= 4 is 5.71 Å². The van der Waals surface area contributed by atoms with Crippen molar-refractivity contribution in [2.45, 2.75) is 26.2 Å². The van der Waals surface area contributed by atoms with Crippen LogP contribution in [-0.4, -0.2) is 38.1 Å². The monoisotopic (exact) mass is 280 g/mol. The van der Waals surface area contributed by atoms with E-state index >= 15 is 0 Å². The summed E-state index contributed by atoms with van der Waals surface area (Å²) < 4.78 is 2.02. The van der Waals surface area contributed by atoms with E-state index in [1.165, 1.54) is 20.5 Å². The van der Waals surface area contributed by atoms with Gasteiger partial charge in [-0.25, -0.2) is 4.79 Å². The molecule has 110 valence electrons. The molecule has 1 N–H and O–H groups in total. The van der Waals surface area contributed by atoms with E-state index in [0.29, 0.717) is 5.71 Å². The maximum atomic E-state index is 12.1. The number of hydrogen-bond acceptors (Lipinski definition) is 5. The molecule has 1 aromatic rings. The highest BCUT2D eigenvalue weighted by Crippen LogP contribution is 2.13. The average Bonchev–Trinajstić information content (AvgIpc) is 2.44. The Labute approximate surface area is 116 Å². The largest absolute Gasteiger partial charge is 0.494 e. The highest BCUT2D eigenvalue weighted by Gasteiger charge is 2.18. The van der Waals surface area contributed by atoms with Crippen molar-refractivity contribution in [3.05, 3.63) is 26.4 Å². The van der Waals surface area contributed by atoms with Crippen LogP contribution in [0.5, 0.6) is 5.88 Å². The lowest BCUT2D eigenvalue weighted by molar-refractivity contribution is 0.239. The SMILES string of the molecule is CC(=NN1CCCCC1)c1c(O)n(C)c(=O)n(C)c1=O. The molecule has 0 aliphatic carbocycles. The van der Waals surface area contributed by atoms with Gasteiger partial charge < -0.3 is 5.11 Å². The molecule has 2 heterocycles. The van der Waals surface area contributed by atoms with Crippen molar-refractivity contribution in [3.63, 3.8) is 0 Å². The molecule has 0 bridgehead atoms. The van der Waals surface area contributed by atoms with Crippen LogP contribution in [-0.2, 0) is 14.1 Å². The molecule has 0 atom stereocenters. The van der Waals surface area contributed by atoms with Gasteiger partial charge >= 0.3 is 5.69 Å². The highest BCUT2D eigenvalue weighted by atomic mass is 16.3. The third kappa shape index (κ3) is 2.48. The van der Waals surface area contributed by atoms with E-state index in [1.807, 2.05) is 5.01 Å². The Bertz CT molecular complexity index is 651. The summed E-state index contributed by atoms with van der Waals surface area (Å²) >= 11 is 0. The van der Waals surface area contributed by atoms with Crippen LogP contribution in [0.25, 0.3) is 0 Å². The summed E-state index contributed by atoms with van der Waals surface area (Å²) in [6.45, 7) is 3.38. The summed E-state index contributed by atoms with van der Waals surface area (Å²) in [5.74, 6) is -0.337. The third-order valence-electron chi connectivity index (χ3n) is 3.62. The van der Waals surface area contributed by atoms with Crippen LogP contribution in [0.2, 0.25) is 0 Å². The Morgan fingerprint density at radius 1 is 1.10 bits per heavy atom. The molecule has 1 fully saturated rings. The van der Waals surface area contributed by atoms with Crippen LogP contribution in [0.3, 0.4) is 0 Å². The van der Waals surface area contributed by atoms with Gasteiger partial charge in [0.25, 0.3) is 5.56 Å². The molecule has 1 aliphatic heterocycles. The van der Waals surface area contributed by atoms with E-state index in [9.17, 15) is 14.7 Å². The van der Waals surface area contributed by atoms with Gasteiger partial charge in [0.1, 0.15) is 5.56 Å². The summed E-state index contributed by atoms with van der Waals surface area (Å²) in [6.07, 6.45) is 3.35. The maximum absolute atomic E-state index is 12.1. The van der Waals surface area contributed by atoms with Gasteiger partial charge in [-0.15, -0.1) is 0 Å². The second-order valence-corrected chi connectivity index (χ2v) is 5.10. The number of hydrogen-bond donors (Lipinski definition) is 1. The minimum Gasteiger partial charge on any atom is -0.494 e. The predicted octanol–water partition coefficient (Wildman–Crippen LogP) is -0.000500. The third-order valence-corrected chi connectivity index (χ3v) is 3.62. The molecule has 0 unspecified atom stereocenters. The number of hydrazone groups is 1. The minimum absolute atomic E-state index is 0.0835. The second kappa shape index (κ2) is 5.52. The molecule has 0 aromatic carbocycles. The predicted molar refractivity (Wildman–Crippen MR) is 76.2 cm³/mol. The first kappa shape index (κ1) is 14.4. The number of aromatic nitrogens is 2. The zero-order valence-electron chi connectivity index (χ0n) is 12.1. The van der Waals surface area contributed by atoms with Crippen molar-refractivity contribution in [1.82, 2.24) is 14.1 Å². The van der Waals surface area contributed by atoms with Crippen molar-refractivity contribution in [2.75, 3.05) is 13.1 Å². The minimum atomic E-state index is -0.554. The van der Waals surface area contributed by atoms with Gasteiger partial charge in [0, 0.05) is 27.2 Å². The summed E-state index contributed by atoms with van der Waals surface area (Å²) in [6, 6.07) is 0. The standard InChI is InChI=1S/C13H20N4O3/c1-9(14-17-7-5-4-6-8-17)10-11(18)15(2)13(20)16(3)12(10)19/h18H,4-8H2,1-3H3. The van der Waals surface area contributed by atoms with Gasteiger partial charge in [-0.3, -0.25) is 18.9 Å². The Morgan fingerprint density at radius 3 is 2.30 bits per heavy atom. The molecule has 0 radical (unpaired) electrons. The molecule has 0 spiro atoms. The van der Waals surface area contributed by atoms with Crippen LogP contribution >= 0.6 is 0 Å². The Kier molecular flexibility index (Phi) is 3.96. The first-order valence-corrected chi connectivity index (χ1v) is 6.73. The fourth-order valence-corrected chi connectivity index (χ4v) is 2.39. The van der Waals surface area contributed by atoms with Gasteiger partial charge in [-0.2, -0.15) is 5.10 Å². The maximum Gasteiger partial charge on any atom is 0.333 e. The summed E-state index contributed by atoms with van der Waals surface area (Å²) in [7, 11) is 2.82. The van der Waals surface area contributed by atoms with Crippen LogP contribution in [0.15, 0.2) is 14.7 Å². The molecule has 20 heavy (non-hydrogen) atoms. The fourth-order valence-electron chi connectivity index (χ4n) is 2.39. The fraction of sp³-hybridized carbons (Fsp3) is 0.615. The number of piperidine rings is 1. The van der Waals surface area contributed by atoms with E-state index in [1.54, 1.807) is 6.92 Å². The summed E-state index contributed by atoms with van der Waals surface area (Å²) in [5.41, 5.74) is -0.563. The lowest BCUT2D eigenvalue weighted by Crippen LogP contribution is -2.40. The smallest absolute Gasteiger partial charge is 0.333 e. The van der Waals surface area contributed by atoms with E-state index in [0.717, 1.165) is 35.1 Å². The van der Waals surface area contributed by atoms with Crippen molar-refractivity contribution in [2.24, 2.45) is 19.2 Å². The van der Waals surface area contributed by atoms with Gasteiger partial charge in [0.15, 0.2) is 0 Å². The molecule has 1 aromatic heterocycles. The van der Waals surface area contributed by atoms with E-state index in [-0.39, 0.29) is 11.4 Å². The van der Waals surface area contributed by atoms with Gasteiger partial charge in [0.05, 0.1) is 5.71 Å². The molecule has 0 saturated carbocycles. The molecular weight excluding hydrogens is 260 g/mol. The first-order valence-electron chi connectivity index (χ1n) is 6.73. The summed E-state index contributed by atoms with van der Waals surface area (Å²) in [5, 5.41) is 16.3. The first-order chi connectivity index (χ1) is 9.43. The quantitative estimate of drug-likeness (QED) is 0.773. The topological polar surface area (TPSA) is 79.8 Å². The van der Waals surface area contributed by atoms with Gasteiger partial charge in [-0.1, -0.05) is 0 Å². The van der Waals surface area contributed by atoms with E-state index in [2.05, 4.69) is 5.10 Å². The van der Waals surface area contributed by atoms with Crippen LogP contribution in [0.4, 0.5) is 0 Å². The molecule has 2 rings (SSSR count). The number of nitrogens with zero attached hydrogens (tertiary/aromatic N) is 4. The van der Waals surface area contributed by atoms with E-state index in [4.69, 9.17) is 0 Å². The average molecular weight is 280 g/mol. The number of rotatable bonds is 2. The Balaban J connectivity index is 2.49. The normalized spacial score (nSPS) is 16.6. The molecule has 7 nitrogen and oxygen atoms in total. The Morgan fingerprint density at radius 2 is 1.70 bits per heavy atom. The van der Waals surface area contributed by atoms with Crippen molar-refractivity contribution in [3.8, 4) is 5.88 Å². The second-order valence-electron chi connectivity index (χ2n) is 5.10. The van der Waals surface area contributed by atoms with Crippen molar-refractivity contribution < 1.29 is 5.11 Å². The highest BCUT2D eigenvalue weighted by molar-refractivity contribution is 6.00. The van der Waals surface area contributed by atoms with Crippen LogP contribution in [0.1, 0.15) is 31.7 Å². The zero-order valence-corrected chi connectivity index (χ0v) is 12.1. The molecule has 1 saturated heterocycles. The molecule has 7 heteroatoms. The lowest BCUT2D eigenvalue weighted by Gasteiger charge is -2.24. The summed E-state index contributed by atoms with van der Waals surface area (Å²) in [4.78, 5) is 23.8. The Hall–Kier alpha value is -2.05.